The molecule has 0 heterocycles. The predicted octanol–water partition coefficient (Wildman–Crippen LogP) is 3.29. The molecular weight excluding hydrogens is 282 g/mol. The van der Waals surface area contributed by atoms with Gasteiger partial charge in [0.1, 0.15) is 5.75 Å². The average Bonchev–Trinajstić information content (AvgIpc) is 2.90. The summed E-state index contributed by atoms with van der Waals surface area (Å²) >= 11 is 1.36. The van der Waals surface area contributed by atoms with Crippen LogP contribution in [0.5, 0.6) is 5.75 Å². The molecule has 2 aromatic rings. The van der Waals surface area contributed by atoms with E-state index in [1.165, 1.54) is 22.9 Å². The molecule has 0 saturated heterocycles. The van der Waals surface area contributed by atoms with Crippen molar-refractivity contribution in [2.45, 2.75) is 23.8 Å². The van der Waals surface area contributed by atoms with Crippen LogP contribution in [0.25, 0.3) is 0 Å². The number of benzene rings is 2. The lowest BCUT2D eigenvalue weighted by Gasteiger charge is -2.14. The van der Waals surface area contributed by atoms with Crippen LogP contribution in [0.2, 0.25) is 0 Å². The topological polar surface area (TPSA) is 49.3 Å². The number of thioether (sulfide) groups is 1. The number of carbonyl (C=O) groups is 1. The van der Waals surface area contributed by atoms with Crippen molar-refractivity contribution in [3.05, 3.63) is 59.7 Å². The molecule has 1 atom stereocenters. The van der Waals surface area contributed by atoms with Gasteiger partial charge in [0.2, 0.25) is 5.91 Å². The number of aromatic hydroxyl groups is 1. The third-order valence-electron chi connectivity index (χ3n) is 3.69. The molecule has 2 aromatic carbocycles. The third-order valence-corrected chi connectivity index (χ3v) is 4.75. The maximum atomic E-state index is 12.1. The zero-order valence-corrected chi connectivity index (χ0v) is 12.4. The number of phenols is 1. The van der Waals surface area contributed by atoms with Gasteiger partial charge in [-0.25, -0.2) is 0 Å². The molecule has 0 radical (unpaired) electrons. The van der Waals surface area contributed by atoms with E-state index in [0.29, 0.717) is 5.75 Å². The first-order valence-electron chi connectivity index (χ1n) is 7.02. The average molecular weight is 299 g/mol. The molecule has 0 fully saturated rings. The lowest BCUT2D eigenvalue weighted by molar-refractivity contribution is -0.119. The van der Waals surface area contributed by atoms with E-state index in [1.807, 2.05) is 24.3 Å². The molecule has 3 nitrogen and oxygen atoms in total. The van der Waals surface area contributed by atoms with E-state index in [4.69, 9.17) is 0 Å². The molecule has 1 aliphatic rings. The van der Waals surface area contributed by atoms with E-state index < -0.39 is 0 Å². The van der Waals surface area contributed by atoms with Gasteiger partial charge in [-0.05, 0) is 36.1 Å². The molecule has 21 heavy (non-hydrogen) atoms. The fourth-order valence-corrected chi connectivity index (χ4v) is 3.43. The van der Waals surface area contributed by atoms with Crippen LogP contribution >= 0.6 is 11.8 Å². The lowest BCUT2D eigenvalue weighted by Crippen LogP contribution is -2.28. The van der Waals surface area contributed by atoms with Crippen LogP contribution in [0, 0.1) is 0 Å². The summed E-state index contributed by atoms with van der Waals surface area (Å²) in [6, 6.07) is 15.5. The van der Waals surface area contributed by atoms with Crippen molar-refractivity contribution in [1.82, 2.24) is 5.32 Å². The molecule has 0 spiro atoms. The van der Waals surface area contributed by atoms with Crippen LogP contribution in [0.3, 0.4) is 0 Å². The van der Waals surface area contributed by atoms with Gasteiger partial charge < -0.3 is 10.4 Å². The SMILES string of the molecule is O=C(CSc1ccccc1O)NC1CCc2ccccc21. The number of aryl methyl sites for hydroxylation is 1. The Morgan fingerprint density at radius 2 is 1.95 bits per heavy atom. The molecule has 2 N–H and O–H groups in total. The van der Waals surface area contributed by atoms with Crippen molar-refractivity contribution in [2.24, 2.45) is 0 Å². The highest BCUT2D eigenvalue weighted by Gasteiger charge is 2.23. The number of hydrogen-bond donors (Lipinski definition) is 2. The molecule has 1 unspecified atom stereocenters. The Balaban J connectivity index is 1.57. The van der Waals surface area contributed by atoms with E-state index in [2.05, 4.69) is 17.4 Å². The van der Waals surface area contributed by atoms with Gasteiger partial charge >= 0.3 is 0 Å². The van der Waals surface area contributed by atoms with Gasteiger partial charge in [-0.1, -0.05) is 36.4 Å². The standard InChI is InChI=1S/C17H17NO2S/c19-15-7-3-4-8-16(15)21-11-17(20)18-14-10-9-12-5-1-2-6-13(12)14/h1-8,14,19H,9-11H2,(H,18,20). The van der Waals surface area contributed by atoms with Gasteiger partial charge in [-0.3, -0.25) is 4.79 Å². The van der Waals surface area contributed by atoms with Crippen LogP contribution in [0.4, 0.5) is 0 Å². The summed E-state index contributed by atoms with van der Waals surface area (Å²) < 4.78 is 0. The summed E-state index contributed by atoms with van der Waals surface area (Å²) in [5.74, 6) is 0.544. The number of para-hydroxylation sites is 1. The second-order valence-corrected chi connectivity index (χ2v) is 6.13. The summed E-state index contributed by atoms with van der Waals surface area (Å²) in [5, 5.41) is 12.8. The number of fused-ring (bicyclic) bond motifs is 1. The molecule has 0 bridgehead atoms. The maximum absolute atomic E-state index is 12.1. The van der Waals surface area contributed by atoms with Gasteiger partial charge in [0.25, 0.3) is 0 Å². The quantitative estimate of drug-likeness (QED) is 0.852. The zero-order valence-electron chi connectivity index (χ0n) is 11.6. The van der Waals surface area contributed by atoms with Gasteiger partial charge in [-0.2, -0.15) is 0 Å². The van der Waals surface area contributed by atoms with Gasteiger partial charge in [0, 0.05) is 4.90 Å². The Morgan fingerprint density at radius 3 is 2.81 bits per heavy atom. The second-order valence-electron chi connectivity index (χ2n) is 5.11. The van der Waals surface area contributed by atoms with Gasteiger partial charge in [0.15, 0.2) is 0 Å². The Labute approximate surface area is 128 Å². The van der Waals surface area contributed by atoms with Crippen molar-refractivity contribution in [1.29, 1.82) is 0 Å². The van der Waals surface area contributed by atoms with Crippen molar-refractivity contribution in [3.63, 3.8) is 0 Å². The van der Waals surface area contributed by atoms with Crippen LogP contribution in [0.15, 0.2) is 53.4 Å². The first-order valence-corrected chi connectivity index (χ1v) is 8.00. The van der Waals surface area contributed by atoms with E-state index in [1.54, 1.807) is 12.1 Å². The largest absolute Gasteiger partial charge is 0.507 e. The Morgan fingerprint density at radius 1 is 1.19 bits per heavy atom. The van der Waals surface area contributed by atoms with Gasteiger partial charge in [0.05, 0.1) is 11.8 Å². The number of carbonyl (C=O) groups excluding carboxylic acids is 1. The first kappa shape index (κ1) is 14.0. The summed E-state index contributed by atoms with van der Waals surface area (Å²) in [5.41, 5.74) is 2.56. The molecule has 1 aliphatic carbocycles. The molecular formula is C17H17NO2S. The summed E-state index contributed by atoms with van der Waals surface area (Å²) in [6.45, 7) is 0. The van der Waals surface area contributed by atoms with Crippen LogP contribution in [0.1, 0.15) is 23.6 Å². The molecule has 0 saturated carbocycles. The van der Waals surface area contributed by atoms with Crippen molar-refractivity contribution < 1.29 is 9.90 Å². The molecule has 0 aliphatic heterocycles. The minimum Gasteiger partial charge on any atom is -0.507 e. The summed E-state index contributed by atoms with van der Waals surface area (Å²) in [6.07, 6.45) is 1.99. The number of amides is 1. The summed E-state index contributed by atoms with van der Waals surface area (Å²) in [4.78, 5) is 12.8. The highest BCUT2D eigenvalue weighted by molar-refractivity contribution is 8.00. The third kappa shape index (κ3) is 3.22. The minimum atomic E-state index is 0.00459. The second kappa shape index (κ2) is 6.22. The molecule has 108 valence electrons. The van der Waals surface area contributed by atoms with E-state index in [0.717, 1.165) is 17.7 Å². The Kier molecular flexibility index (Phi) is 4.15. The number of nitrogens with one attached hydrogen (secondary N) is 1. The summed E-state index contributed by atoms with van der Waals surface area (Å²) in [7, 11) is 0. The van der Waals surface area contributed by atoms with Gasteiger partial charge in [-0.15, -0.1) is 11.8 Å². The Hall–Kier alpha value is -1.94. The molecule has 0 aromatic heterocycles. The van der Waals surface area contributed by atoms with E-state index in [-0.39, 0.29) is 17.7 Å². The zero-order chi connectivity index (χ0) is 14.7. The number of phenolic OH excluding ortho intramolecular Hbond substituents is 1. The van der Waals surface area contributed by atoms with Crippen molar-refractivity contribution >= 4 is 17.7 Å². The van der Waals surface area contributed by atoms with Crippen molar-refractivity contribution in [3.8, 4) is 5.75 Å². The maximum Gasteiger partial charge on any atom is 0.230 e. The molecule has 1 amide bonds. The smallest absolute Gasteiger partial charge is 0.230 e. The van der Waals surface area contributed by atoms with Crippen LogP contribution in [-0.4, -0.2) is 16.8 Å². The molecule has 3 rings (SSSR count). The number of rotatable bonds is 4. The van der Waals surface area contributed by atoms with E-state index >= 15 is 0 Å². The highest BCUT2D eigenvalue weighted by Crippen LogP contribution is 2.31. The van der Waals surface area contributed by atoms with E-state index in [9.17, 15) is 9.90 Å². The normalized spacial score (nSPS) is 16.5. The fourth-order valence-electron chi connectivity index (χ4n) is 2.67. The lowest BCUT2D eigenvalue weighted by atomic mass is 10.1. The predicted molar refractivity (Wildman–Crippen MR) is 84.5 cm³/mol. The van der Waals surface area contributed by atoms with Crippen molar-refractivity contribution in [2.75, 3.05) is 5.75 Å². The highest BCUT2D eigenvalue weighted by atomic mass is 32.2. The molecule has 4 heteroatoms. The first-order chi connectivity index (χ1) is 10.2. The van der Waals surface area contributed by atoms with Crippen LogP contribution in [-0.2, 0) is 11.2 Å². The number of hydrogen-bond acceptors (Lipinski definition) is 3. The fraction of sp³-hybridized carbons (Fsp3) is 0.235. The monoisotopic (exact) mass is 299 g/mol. The minimum absolute atomic E-state index is 0.00459. The van der Waals surface area contributed by atoms with Crippen LogP contribution < -0.4 is 5.32 Å². The Bertz CT molecular complexity index is 657.